The summed E-state index contributed by atoms with van der Waals surface area (Å²) in [7, 11) is 0. The Hall–Kier alpha value is -2.90. The number of fused-ring (bicyclic) bond motifs is 9. The third-order valence-electron chi connectivity index (χ3n) is 10.00. The molecule has 0 saturated carbocycles. The summed E-state index contributed by atoms with van der Waals surface area (Å²) in [6.45, 7) is 7.00. The van der Waals surface area contributed by atoms with E-state index in [1.807, 2.05) is 0 Å². The topological polar surface area (TPSA) is 9.86 Å². The maximum Gasteiger partial charge on any atom is 0.0541 e. The van der Waals surface area contributed by atoms with Crippen molar-refractivity contribution in [1.82, 2.24) is 9.13 Å². The average molecular weight is 856 g/mol. The lowest BCUT2D eigenvalue weighted by Gasteiger charge is -2.23. The Bertz CT molecular complexity index is 2540. The smallest absolute Gasteiger partial charge is 0.0541 e. The van der Waals surface area contributed by atoms with Crippen LogP contribution in [0.3, 0.4) is 0 Å². The first kappa shape index (κ1) is 29.3. The summed E-state index contributed by atoms with van der Waals surface area (Å²) < 4.78 is 8.08. The number of alkyl halides is 1. The minimum Gasteiger partial charge on any atom is -0.310 e. The van der Waals surface area contributed by atoms with E-state index in [9.17, 15) is 0 Å². The average Bonchev–Trinajstić information content (AvgIpc) is 3.58. The lowest BCUT2D eigenvalue weighted by atomic mass is 9.82. The molecule has 0 amide bonds. The van der Waals surface area contributed by atoms with E-state index in [-0.39, 0.29) is 9.74 Å². The predicted molar refractivity (Wildman–Crippen MR) is 208 cm³/mol. The van der Waals surface area contributed by atoms with Crippen LogP contribution in [0.1, 0.15) is 38.3 Å². The van der Waals surface area contributed by atoms with Gasteiger partial charge in [0.2, 0.25) is 0 Å². The van der Waals surface area contributed by atoms with E-state index < -0.39 is 0 Å². The molecule has 2 aliphatic rings. The Balaban J connectivity index is 1.23. The fourth-order valence-electron chi connectivity index (χ4n) is 7.83. The SMILES string of the molecule is CC1(Br)C=c2c(n(-c3ccc4c(c3)C(C)(C)c3cc(-n5c6ccc(Br)cc6c6cc(Br)ccc65)ccc3-4)c3ccc(Br)cc23)=CC1. The van der Waals surface area contributed by atoms with Gasteiger partial charge in [0.1, 0.15) is 0 Å². The van der Waals surface area contributed by atoms with Gasteiger partial charge in [-0.1, -0.05) is 102 Å². The van der Waals surface area contributed by atoms with Gasteiger partial charge in [-0.15, -0.1) is 0 Å². The second-order valence-corrected chi connectivity index (χ2v) is 17.9. The van der Waals surface area contributed by atoms with Gasteiger partial charge in [-0.05, 0) is 114 Å². The Labute approximate surface area is 300 Å². The molecule has 1 atom stereocenters. The van der Waals surface area contributed by atoms with E-state index in [2.05, 4.69) is 197 Å². The maximum absolute atomic E-state index is 3.94. The maximum atomic E-state index is 3.94. The van der Waals surface area contributed by atoms with E-state index in [1.54, 1.807) is 0 Å². The van der Waals surface area contributed by atoms with Crippen LogP contribution >= 0.6 is 63.7 Å². The predicted octanol–water partition coefficient (Wildman–Crippen LogP) is 11.4. The summed E-state index contributed by atoms with van der Waals surface area (Å²) in [5.41, 5.74) is 11.2. The van der Waals surface area contributed by atoms with E-state index in [0.717, 1.165) is 19.8 Å². The molecule has 0 radical (unpaired) electrons. The van der Waals surface area contributed by atoms with Gasteiger partial charge in [0.25, 0.3) is 0 Å². The highest BCUT2D eigenvalue weighted by molar-refractivity contribution is 9.11. The molecule has 7 aromatic rings. The molecule has 0 aliphatic heterocycles. The van der Waals surface area contributed by atoms with Crippen molar-refractivity contribution in [1.29, 1.82) is 0 Å². The molecule has 6 heteroatoms. The Morgan fingerprint density at radius 2 is 1.04 bits per heavy atom. The highest BCUT2D eigenvalue weighted by Gasteiger charge is 2.36. The molecule has 1 unspecified atom stereocenters. The second kappa shape index (κ2) is 10.1. The van der Waals surface area contributed by atoms with Gasteiger partial charge in [-0.25, -0.2) is 0 Å². The number of benzene rings is 5. The Morgan fingerprint density at radius 3 is 1.59 bits per heavy atom. The number of rotatable bonds is 2. The van der Waals surface area contributed by atoms with Crippen molar-refractivity contribution in [3.8, 4) is 22.5 Å². The first-order valence-electron chi connectivity index (χ1n) is 15.4. The first-order valence-corrected chi connectivity index (χ1v) is 18.6. The largest absolute Gasteiger partial charge is 0.310 e. The third-order valence-corrected chi connectivity index (χ3v) is 12.0. The fraction of sp³-hybridized carbons (Fsp3) is 0.150. The van der Waals surface area contributed by atoms with E-state index in [1.165, 1.54) is 76.9 Å². The van der Waals surface area contributed by atoms with Crippen molar-refractivity contribution >= 4 is 109 Å². The minimum atomic E-state index is -0.169. The number of nitrogens with zero attached hydrogens (tertiary/aromatic N) is 2. The lowest BCUT2D eigenvalue weighted by Crippen LogP contribution is -2.35. The summed E-state index contributed by atoms with van der Waals surface area (Å²) in [6, 6.07) is 33.9. The van der Waals surface area contributed by atoms with Gasteiger partial charge in [0.05, 0.1) is 16.6 Å². The Morgan fingerprint density at radius 1 is 0.565 bits per heavy atom. The highest BCUT2D eigenvalue weighted by atomic mass is 79.9. The monoisotopic (exact) mass is 852 g/mol. The summed E-state index contributed by atoms with van der Waals surface area (Å²) in [5.74, 6) is 0. The van der Waals surface area contributed by atoms with Gasteiger partial charge in [0, 0.05) is 61.3 Å². The van der Waals surface area contributed by atoms with Gasteiger partial charge in [-0.3, -0.25) is 0 Å². The van der Waals surface area contributed by atoms with Crippen LogP contribution < -0.4 is 10.6 Å². The van der Waals surface area contributed by atoms with Crippen LogP contribution in [0.5, 0.6) is 0 Å². The van der Waals surface area contributed by atoms with E-state index in [0.29, 0.717) is 0 Å². The fourth-order valence-corrected chi connectivity index (χ4v) is 9.31. The molecule has 0 spiro atoms. The summed E-state index contributed by atoms with van der Waals surface area (Å²) in [4.78, 5) is 0. The summed E-state index contributed by atoms with van der Waals surface area (Å²) in [6.07, 6.45) is 5.72. The zero-order chi connectivity index (χ0) is 31.7. The van der Waals surface area contributed by atoms with Gasteiger partial charge in [0.15, 0.2) is 0 Å². The standard InChI is InChI=1S/C40H28Br4N2/c1-39(2)33-19-25(45-35-11-4-22(41)16-29(35)30-17-23(42)5-12-36(30)45)7-9-27(33)28-10-8-26(20-34(28)39)46-37-13-6-24(43)18-31(37)32-21-40(3,44)15-14-38(32)46/h4-14,16-21H,15H2,1-3H3. The molecule has 9 rings (SSSR count). The van der Waals surface area contributed by atoms with Crippen LogP contribution in [0.2, 0.25) is 0 Å². The quantitative estimate of drug-likeness (QED) is 0.153. The minimum absolute atomic E-state index is 0.0515. The van der Waals surface area contributed by atoms with Crippen molar-refractivity contribution in [3.05, 3.63) is 126 Å². The summed E-state index contributed by atoms with van der Waals surface area (Å²) in [5, 5.41) is 6.30. The van der Waals surface area contributed by atoms with E-state index >= 15 is 0 Å². The van der Waals surface area contributed by atoms with Gasteiger partial charge in [-0.2, -0.15) is 0 Å². The van der Waals surface area contributed by atoms with Crippen molar-refractivity contribution in [3.63, 3.8) is 0 Å². The molecule has 2 aliphatic carbocycles. The van der Waals surface area contributed by atoms with Gasteiger partial charge < -0.3 is 9.13 Å². The number of halogens is 4. The molecule has 2 heterocycles. The number of aromatic nitrogens is 2. The molecule has 0 bridgehead atoms. The van der Waals surface area contributed by atoms with Crippen LogP contribution in [0, 0.1) is 0 Å². The molecule has 2 aromatic heterocycles. The Kier molecular flexibility index (Phi) is 6.39. The van der Waals surface area contributed by atoms with Gasteiger partial charge >= 0.3 is 0 Å². The van der Waals surface area contributed by atoms with Crippen molar-refractivity contribution in [2.75, 3.05) is 0 Å². The molecule has 46 heavy (non-hydrogen) atoms. The lowest BCUT2D eigenvalue weighted by molar-refractivity contribution is 0.659. The van der Waals surface area contributed by atoms with Crippen molar-refractivity contribution in [2.24, 2.45) is 0 Å². The highest BCUT2D eigenvalue weighted by Crippen LogP contribution is 2.50. The van der Waals surface area contributed by atoms with Crippen LogP contribution in [-0.2, 0) is 5.41 Å². The molecule has 0 saturated heterocycles. The molecule has 5 aromatic carbocycles. The number of hydrogen-bond acceptors (Lipinski definition) is 0. The van der Waals surface area contributed by atoms with Crippen LogP contribution in [0.25, 0.3) is 67.4 Å². The molecule has 226 valence electrons. The zero-order valence-electron chi connectivity index (χ0n) is 25.4. The molecule has 2 nitrogen and oxygen atoms in total. The van der Waals surface area contributed by atoms with Crippen LogP contribution in [-0.4, -0.2) is 13.5 Å². The second-order valence-electron chi connectivity index (χ2n) is 13.4. The summed E-state index contributed by atoms with van der Waals surface area (Å²) >= 11 is 15.1. The molecule has 0 N–H and O–H groups in total. The van der Waals surface area contributed by atoms with E-state index in [4.69, 9.17) is 0 Å². The van der Waals surface area contributed by atoms with Crippen LogP contribution in [0.4, 0.5) is 0 Å². The van der Waals surface area contributed by atoms with Crippen molar-refractivity contribution < 1.29 is 0 Å². The number of hydrogen-bond donors (Lipinski definition) is 0. The zero-order valence-corrected chi connectivity index (χ0v) is 31.8. The molecule has 0 fully saturated rings. The third kappa shape index (κ3) is 4.22. The molecular weight excluding hydrogens is 828 g/mol. The first-order chi connectivity index (χ1) is 22.0. The van der Waals surface area contributed by atoms with Crippen LogP contribution in [0.15, 0.2) is 104 Å². The normalized spacial score (nSPS) is 18.0. The van der Waals surface area contributed by atoms with Crippen molar-refractivity contribution in [2.45, 2.75) is 36.9 Å². The molecular formula is C40H28Br4N2.